The summed E-state index contributed by atoms with van der Waals surface area (Å²) in [5, 5.41) is 17.3. The summed E-state index contributed by atoms with van der Waals surface area (Å²) >= 11 is 0. The monoisotopic (exact) mass is 528 g/mol. The zero-order valence-corrected chi connectivity index (χ0v) is 20.6. The second-order valence-electron chi connectivity index (χ2n) is 8.88. The van der Waals surface area contributed by atoms with Crippen molar-refractivity contribution in [1.82, 2.24) is 14.5 Å². The minimum Gasteiger partial charge on any atom is -0.507 e. The number of H-pyrrole nitrogens is 1. The van der Waals surface area contributed by atoms with Crippen LogP contribution in [0.25, 0.3) is 11.0 Å². The molecule has 0 atom stereocenters. The van der Waals surface area contributed by atoms with E-state index in [1.165, 1.54) is 19.1 Å². The van der Waals surface area contributed by atoms with Crippen molar-refractivity contribution in [3.05, 3.63) is 93.7 Å². The molecule has 1 aliphatic heterocycles. The highest BCUT2D eigenvalue weighted by Gasteiger charge is 2.23. The van der Waals surface area contributed by atoms with Crippen molar-refractivity contribution < 1.29 is 28.2 Å². The summed E-state index contributed by atoms with van der Waals surface area (Å²) in [5.41, 5.74) is 1.27. The molecule has 3 N–H and O–H groups in total. The van der Waals surface area contributed by atoms with Crippen LogP contribution in [-0.4, -0.2) is 63.4 Å². The van der Waals surface area contributed by atoms with Crippen molar-refractivity contribution in [2.45, 2.75) is 13.5 Å². The van der Waals surface area contributed by atoms with E-state index >= 15 is 0 Å². The van der Waals surface area contributed by atoms with Gasteiger partial charge in [0.25, 0.3) is 0 Å². The Kier molecular flexibility index (Phi) is 8.06. The number of nitrogens with zero attached hydrogens (tertiary/aromatic N) is 3. The lowest BCUT2D eigenvalue weighted by molar-refractivity contribution is 0.0693. The van der Waals surface area contributed by atoms with E-state index in [4.69, 9.17) is 10.2 Å². The smallest absolute Gasteiger partial charge is 0.339 e. The van der Waals surface area contributed by atoms with Gasteiger partial charge in [0.2, 0.25) is 0 Å². The molecule has 11 heteroatoms. The average molecular weight is 529 g/mol. The number of hydrogen-bond donors (Lipinski definition) is 3. The highest BCUT2D eigenvalue weighted by atomic mass is 19.2. The molecule has 0 amide bonds. The molecule has 0 bridgehead atoms. The number of carboxylic acids is 1. The molecule has 2 heterocycles. The molecule has 4 aromatic rings. The molecule has 1 aromatic heterocycles. The molecule has 0 unspecified atom stereocenters. The number of benzene rings is 3. The second-order valence-corrected chi connectivity index (χ2v) is 8.88. The van der Waals surface area contributed by atoms with Gasteiger partial charge in [-0.25, -0.2) is 22.8 Å². The number of carboxylic acid groups (broad SMARTS) is 1. The lowest BCUT2D eigenvalue weighted by atomic mass is 10.1. The highest BCUT2D eigenvalue weighted by molar-refractivity contribution is 5.90. The summed E-state index contributed by atoms with van der Waals surface area (Å²) < 4.78 is 43.2. The highest BCUT2D eigenvalue weighted by Crippen LogP contribution is 2.27. The van der Waals surface area contributed by atoms with Crippen LogP contribution in [0, 0.1) is 24.4 Å². The minimum absolute atomic E-state index is 0.0671. The molecule has 38 heavy (non-hydrogen) atoms. The van der Waals surface area contributed by atoms with Gasteiger partial charge in [0.1, 0.15) is 11.3 Å². The fourth-order valence-corrected chi connectivity index (χ4v) is 4.38. The maximum absolute atomic E-state index is 14.3. The Morgan fingerprint density at radius 3 is 2.26 bits per heavy atom. The summed E-state index contributed by atoms with van der Waals surface area (Å²) in [6.07, 6.45) is 0. The molecule has 5 rings (SSSR count). The number of anilines is 1. The molecular weight excluding hydrogens is 501 g/mol. The van der Waals surface area contributed by atoms with Gasteiger partial charge in [0.05, 0.1) is 16.7 Å². The van der Waals surface area contributed by atoms with Crippen LogP contribution in [0.3, 0.4) is 0 Å². The number of imidazole rings is 1. The number of aromatic nitrogens is 2. The Hall–Kier alpha value is -4.25. The van der Waals surface area contributed by atoms with Crippen LogP contribution in [0.2, 0.25) is 0 Å². The number of hydrogen-bond acceptors (Lipinski definition) is 5. The third-order valence-corrected chi connectivity index (χ3v) is 6.53. The van der Waals surface area contributed by atoms with Crippen LogP contribution in [-0.2, 0) is 6.54 Å². The van der Waals surface area contributed by atoms with Gasteiger partial charge < -0.3 is 20.1 Å². The number of rotatable bonds is 5. The molecule has 1 saturated heterocycles. The number of fused-ring (bicyclic) bond motifs is 1. The zero-order chi connectivity index (χ0) is 27.4. The van der Waals surface area contributed by atoms with Gasteiger partial charge in [-0.2, -0.15) is 0 Å². The normalized spacial score (nSPS) is 13.8. The third-order valence-electron chi connectivity index (χ3n) is 6.53. The van der Waals surface area contributed by atoms with Crippen LogP contribution >= 0.6 is 0 Å². The molecule has 200 valence electrons. The van der Waals surface area contributed by atoms with E-state index in [1.807, 2.05) is 24.3 Å². The largest absolute Gasteiger partial charge is 0.507 e. The van der Waals surface area contributed by atoms with Gasteiger partial charge in [0, 0.05) is 50.9 Å². The maximum atomic E-state index is 14.3. The lowest BCUT2D eigenvalue weighted by Gasteiger charge is -2.36. The van der Waals surface area contributed by atoms with E-state index < -0.39 is 23.4 Å². The van der Waals surface area contributed by atoms with E-state index in [0.29, 0.717) is 39.3 Å². The molecule has 3 aromatic carbocycles. The number of para-hydroxylation sites is 3. The summed E-state index contributed by atoms with van der Waals surface area (Å²) in [5.74, 6) is -4.19. The minimum atomic E-state index is -1.14. The average Bonchev–Trinajstić information content (AvgIpc) is 3.24. The van der Waals surface area contributed by atoms with Crippen LogP contribution < -0.4 is 10.6 Å². The summed E-state index contributed by atoms with van der Waals surface area (Å²) in [6.45, 7) is 4.76. The Labute approximate surface area is 216 Å². The van der Waals surface area contributed by atoms with Crippen LogP contribution in [0.4, 0.5) is 18.9 Å². The van der Waals surface area contributed by atoms with Crippen LogP contribution in [0.1, 0.15) is 15.9 Å². The number of aromatic carboxylic acids is 1. The van der Waals surface area contributed by atoms with Crippen LogP contribution in [0.5, 0.6) is 5.75 Å². The number of aromatic amines is 1. The fourth-order valence-electron chi connectivity index (χ4n) is 4.38. The van der Waals surface area contributed by atoms with Crippen molar-refractivity contribution in [3.8, 4) is 5.75 Å². The van der Waals surface area contributed by atoms with Gasteiger partial charge >= 0.3 is 11.7 Å². The van der Waals surface area contributed by atoms with Gasteiger partial charge in [-0.1, -0.05) is 24.3 Å². The van der Waals surface area contributed by atoms with E-state index in [9.17, 15) is 22.8 Å². The first-order valence-electron chi connectivity index (χ1n) is 12.0. The van der Waals surface area contributed by atoms with E-state index in [1.54, 1.807) is 21.6 Å². The Bertz CT molecular complexity index is 1510. The SMILES string of the molecule is Cc1c(F)c(F)cc(N2CCN(CCn3c(=O)[nH]c4ccccc43)CC2)c1F.O=C(O)c1ccccc1O. The number of phenols is 1. The molecule has 0 spiro atoms. The zero-order valence-electron chi connectivity index (χ0n) is 20.6. The molecular formula is C27H27F3N4O4. The third kappa shape index (κ3) is 5.67. The van der Waals surface area contributed by atoms with Crippen molar-refractivity contribution >= 4 is 22.7 Å². The summed E-state index contributed by atoms with van der Waals surface area (Å²) in [7, 11) is 0. The predicted molar refractivity (Wildman–Crippen MR) is 137 cm³/mol. The summed E-state index contributed by atoms with van der Waals surface area (Å²) in [4.78, 5) is 29.2. The molecule has 0 aliphatic carbocycles. The second kappa shape index (κ2) is 11.4. The van der Waals surface area contributed by atoms with Gasteiger partial charge in [0.15, 0.2) is 17.5 Å². The molecule has 0 saturated carbocycles. The maximum Gasteiger partial charge on any atom is 0.339 e. The van der Waals surface area contributed by atoms with Crippen molar-refractivity contribution in [3.63, 3.8) is 0 Å². The predicted octanol–water partition coefficient (Wildman–Crippen LogP) is 3.97. The van der Waals surface area contributed by atoms with Crippen molar-refractivity contribution in [2.75, 3.05) is 37.6 Å². The first-order valence-corrected chi connectivity index (χ1v) is 12.0. The standard InChI is InChI=1S/C20H21F3N4O.C7H6O3/c1-13-18(22)14(21)12-17(19(13)23)26-9-6-25(7-10-26)8-11-27-16-5-3-2-4-15(16)24-20(27)28;8-6-4-2-1-3-5(6)7(9)10/h2-5,12H,6-11H2,1H3,(H,24,28);1-4,8H,(H,9,10). The first-order chi connectivity index (χ1) is 18.2. The first kappa shape index (κ1) is 26.8. The van der Waals surface area contributed by atoms with Gasteiger partial charge in [-0.3, -0.25) is 9.47 Å². The Morgan fingerprint density at radius 1 is 0.947 bits per heavy atom. The van der Waals surface area contributed by atoms with E-state index in [-0.39, 0.29) is 28.3 Å². The molecule has 0 radical (unpaired) electrons. The Balaban J connectivity index is 0.000000283. The topological polar surface area (TPSA) is 102 Å². The number of halogens is 3. The van der Waals surface area contributed by atoms with Crippen molar-refractivity contribution in [2.24, 2.45) is 0 Å². The summed E-state index contributed by atoms with van der Waals surface area (Å²) in [6, 6.07) is 14.3. The van der Waals surface area contributed by atoms with Gasteiger partial charge in [-0.15, -0.1) is 0 Å². The molecule has 8 nitrogen and oxygen atoms in total. The number of piperazine rings is 1. The Morgan fingerprint density at radius 2 is 1.61 bits per heavy atom. The number of nitrogens with one attached hydrogen (secondary N) is 1. The number of aromatic hydroxyl groups is 1. The number of carbonyl (C=O) groups is 1. The fraction of sp³-hybridized carbons (Fsp3) is 0.259. The molecule has 1 fully saturated rings. The van der Waals surface area contributed by atoms with Gasteiger partial charge in [-0.05, 0) is 31.2 Å². The quantitative estimate of drug-likeness (QED) is 0.339. The lowest BCUT2D eigenvalue weighted by Crippen LogP contribution is -2.47. The van der Waals surface area contributed by atoms with E-state index in [2.05, 4.69) is 9.88 Å². The van der Waals surface area contributed by atoms with E-state index in [0.717, 1.165) is 17.1 Å². The molecule has 1 aliphatic rings. The van der Waals surface area contributed by atoms with Crippen molar-refractivity contribution in [1.29, 1.82) is 0 Å². The van der Waals surface area contributed by atoms with Crippen LogP contribution in [0.15, 0.2) is 59.4 Å².